The average Bonchev–Trinajstić information content (AvgIpc) is 3.12. The highest BCUT2D eigenvalue weighted by Crippen LogP contribution is 2.31. The van der Waals surface area contributed by atoms with Crippen LogP contribution in [-0.2, 0) is 4.79 Å². The molecule has 0 fully saturated rings. The molecule has 1 heterocycles. The number of halogens is 1. The Hall–Kier alpha value is -2.70. The fourth-order valence-corrected chi connectivity index (χ4v) is 4.26. The van der Waals surface area contributed by atoms with E-state index in [1.54, 1.807) is 23.5 Å². The van der Waals surface area contributed by atoms with Gasteiger partial charge in [-0.1, -0.05) is 24.3 Å². The van der Waals surface area contributed by atoms with Crippen LogP contribution >= 0.6 is 23.1 Å². The second-order valence-electron chi connectivity index (χ2n) is 5.86. The third-order valence-electron chi connectivity index (χ3n) is 3.87. The fraction of sp³-hybridized carbons (Fsp3) is 0.0476. The number of thioether (sulfide) groups is 1. The van der Waals surface area contributed by atoms with Gasteiger partial charge in [-0.25, -0.2) is 9.37 Å². The number of nitrogens with zero attached hydrogens (tertiary/aromatic N) is 1. The van der Waals surface area contributed by atoms with Crippen LogP contribution in [0.25, 0.3) is 20.8 Å². The van der Waals surface area contributed by atoms with E-state index in [0.29, 0.717) is 0 Å². The molecule has 6 heteroatoms. The maximum Gasteiger partial charge on any atom is 0.234 e. The van der Waals surface area contributed by atoms with Gasteiger partial charge < -0.3 is 5.32 Å². The van der Waals surface area contributed by atoms with E-state index in [-0.39, 0.29) is 17.5 Å². The van der Waals surface area contributed by atoms with E-state index in [2.05, 4.69) is 16.4 Å². The molecule has 0 aliphatic carbocycles. The predicted molar refractivity (Wildman–Crippen MR) is 111 cm³/mol. The molecule has 4 rings (SSSR count). The van der Waals surface area contributed by atoms with Crippen LogP contribution in [0.1, 0.15) is 0 Å². The maximum atomic E-state index is 12.9. The fourth-order valence-electron chi connectivity index (χ4n) is 2.60. The minimum absolute atomic E-state index is 0.106. The monoisotopic (exact) mass is 394 g/mol. The molecule has 134 valence electrons. The number of nitrogens with one attached hydrogen (secondary N) is 1. The lowest BCUT2D eigenvalue weighted by atomic mass is 10.2. The molecule has 3 nitrogen and oxygen atoms in total. The molecule has 0 aliphatic heterocycles. The molecule has 0 radical (unpaired) electrons. The number of benzene rings is 3. The lowest BCUT2D eigenvalue weighted by molar-refractivity contribution is -0.113. The number of amides is 1. The van der Waals surface area contributed by atoms with E-state index in [9.17, 15) is 9.18 Å². The van der Waals surface area contributed by atoms with Crippen molar-refractivity contribution in [1.82, 2.24) is 4.98 Å². The summed E-state index contributed by atoms with van der Waals surface area (Å²) in [4.78, 5) is 17.7. The molecule has 0 atom stereocenters. The summed E-state index contributed by atoms with van der Waals surface area (Å²) in [5.74, 6) is -0.127. The van der Waals surface area contributed by atoms with E-state index < -0.39 is 0 Å². The maximum absolute atomic E-state index is 12.9. The summed E-state index contributed by atoms with van der Waals surface area (Å²) >= 11 is 3.00. The Labute approximate surface area is 164 Å². The summed E-state index contributed by atoms with van der Waals surface area (Å²) < 4.78 is 14.1. The van der Waals surface area contributed by atoms with Crippen LogP contribution in [0.2, 0.25) is 0 Å². The van der Waals surface area contributed by atoms with E-state index in [1.807, 2.05) is 42.5 Å². The van der Waals surface area contributed by atoms with Crippen LogP contribution in [0.5, 0.6) is 0 Å². The lowest BCUT2D eigenvalue weighted by Gasteiger charge is -2.06. The van der Waals surface area contributed by atoms with Crippen LogP contribution in [-0.4, -0.2) is 16.6 Å². The second-order valence-corrected chi connectivity index (χ2v) is 7.94. The number of anilines is 1. The zero-order chi connectivity index (χ0) is 18.6. The third-order valence-corrected chi connectivity index (χ3v) is 5.97. The van der Waals surface area contributed by atoms with Crippen molar-refractivity contribution >= 4 is 44.9 Å². The van der Waals surface area contributed by atoms with Gasteiger partial charge in [0.15, 0.2) is 0 Å². The molecular formula is C21H15FN2OS2. The number of carbonyl (C=O) groups is 1. The Balaban J connectivity index is 1.44. The number of carbonyl (C=O) groups excluding carboxylic acids is 1. The number of hydrogen-bond acceptors (Lipinski definition) is 4. The van der Waals surface area contributed by atoms with Gasteiger partial charge in [0.1, 0.15) is 10.8 Å². The van der Waals surface area contributed by atoms with Gasteiger partial charge in [-0.15, -0.1) is 23.1 Å². The zero-order valence-electron chi connectivity index (χ0n) is 14.2. The summed E-state index contributed by atoms with van der Waals surface area (Å²) in [5.41, 5.74) is 2.68. The van der Waals surface area contributed by atoms with Gasteiger partial charge in [0.05, 0.1) is 16.0 Å². The van der Waals surface area contributed by atoms with Crippen molar-refractivity contribution in [3.05, 3.63) is 78.6 Å². The standard InChI is InChI=1S/C21H15FN2OS2/c22-15-8-10-17(11-9-15)26-13-20(25)23-16-5-3-4-14(12-16)21-24-18-6-1-2-7-19(18)27-21/h1-12H,13H2,(H,23,25). The highest BCUT2D eigenvalue weighted by molar-refractivity contribution is 8.00. The number of thiazole rings is 1. The molecule has 0 bridgehead atoms. The van der Waals surface area contributed by atoms with E-state index in [4.69, 9.17) is 0 Å². The molecule has 1 N–H and O–H groups in total. The number of fused-ring (bicyclic) bond motifs is 1. The first-order chi connectivity index (χ1) is 13.2. The molecule has 4 aromatic rings. The molecule has 1 amide bonds. The average molecular weight is 394 g/mol. The Bertz CT molecular complexity index is 1060. The Morgan fingerprint density at radius 2 is 1.85 bits per heavy atom. The van der Waals surface area contributed by atoms with Crippen LogP contribution < -0.4 is 5.32 Å². The summed E-state index contributed by atoms with van der Waals surface area (Å²) in [5, 5.41) is 3.83. The Morgan fingerprint density at radius 3 is 2.67 bits per heavy atom. The van der Waals surface area contributed by atoms with Gasteiger partial charge in [-0.2, -0.15) is 0 Å². The smallest absolute Gasteiger partial charge is 0.234 e. The Kier molecular flexibility index (Phi) is 5.18. The minimum Gasteiger partial charge on any atom is -0.325 e. The first-order valence-electron chi connectivity index (χ1n) is 8.32. The van der Waals surface area contributed by atoms with Gasteiger partial charge >= 0.3 is 0 Å². The SMILES string of the molecule is O=C(CSc1ccc(F)cc1)Nc1cccc(-c2nc3ccccc3s2)c1. The van der Waals surface area contributed by atoms with Crippen molar-refractivity contribution in [3.63, 3.8) is 0 Å². The van der Waals surface area contributed by atoms with Crippen LogP contribution in [0.15, 0.2) is 77.7 Å². The first kappa shape index (κ1) is 17.7. The largest absolute Gasteiger partial charge is 0.325 e. The van der Waals surface area contributed by atoms with E-state index in [0.717, 1.165) is 31.4 Å². The van der Waals surface area contributed by atoms with E-state index >= 15 is 0 Å². The topological polar surface area (TPSA) is 42.0 Å². The summed E-state index contributed by atoms with van der Waals surface area (Å²) in [6.07, 6.45) is 0. The van der Waals surface area contributed by atoms with Crippen molar-refractivity contribution in [2.75, 3.05) is 11.1 Å². The zero-order valence-corrected chi connectivity index (χ0v) is 15.8. The Morgan fingerprint density at radius 1 is 1.04 bits per heavy atom. The molecule has 0 saturated heterocycles. The molecular weight excluding hydrogens is 379 g/mol. The predicted octanol–water partition coefficient (Wildman–Crippen LogP) is 5.83. The van der Waals surface area contributed by atoms with Gasteiger partial charge in [0.25, 0.3) is 0 Å². The highest BCUT2D eigenvalue weighted by atomic mass is 32.2. The van der Waals surface area contributed by atoms with Crippen LogP contribution in [0, 0.1) is 5.82 Å². The minimum atomic E-state index is -0.282. The molecule has 27 heavy (non-hydrogen) atoms. The van der Waals surface area contributed by atoms with Gasteiger partial charge in [-0.3, -0.25) is 4.79 Å². The van der Waals surface area contributed by atoms with Gasteiger partial charge in [-0.05, 0) is 48.5 Å². The lowest BCUT2D eigenvalue weighted by Crippen LogP contribution is -2.13. The van der Waals surface area contributed by atoms with E-state index in [1.165, 1.54) is 23.9 Å². The van der Waals surface area contributed by atoms with Crippen molar-refractivity contribution in [2.45, 2.75) is 4.90 Å². The van der Waals surface area contributed by atoms with Crippen molar-refractivity contribution in [1.29, 1.82) is 0 Å². The summed E-state index contributed by atoms with van der Waals surface area (Å²) in [7, 11) is 0. The molecule has 0 unspecified atom stereocenters. The van der Waals surface area contributed by atoms with Crippen molar-refractivity contribution < 1.29 is 9.18 Å². The van der Waals surface area contributed by atoms with Crippen molar-refractivity contribution in [2.24, 2.45) is 0 Å². The highest BCUT2D eigenvalue weighted by Gasteiger charge is 2.08. The second kappa shape index (κ2) is 7.90. The molecule has 0 spiro atoms. The number of hydrogen-bond donors (Lipinski definition) is 1. The number of rotatable bonds is 5. The molecule has 0 aliphatic rings. The van der Waals surface area contributed by atoms with Crippen LogP contribution in [0.4, 0.5) is 10.1 Å². The third kappa shape index (κ3) is 4.35. The quantitative estimate of drug-likeness (QED) is 0.433. The summed E-state index contributed by atoms with van der Waals surface area (Å²) in [6.45, 7) is 0. The van der Waals surface area contributed by atoms with Gasteiger partial charge in [0, 0.05) is 16.1 Å². The number of para-hydroxylation sites is 1. The molecule has 3 aromatic carbocycles. The number of aromatic nitrogens is 1. The summed E-state index contributed by atoms with van der Waals surface area (Å²) in [6, 6.07) is 21.8. The molecule has 0 saturated carbocycles. The van der Waals surface area contributed by atoms with Crippen molar-refractivity contribution in [3.8, 4) is 10.6 Å². The molecule has 1 aromatic heterocycles. The normalized spacial score (nSPS) is 10.9. The first-order valence-corrected chi connectivity index (χ1v) is 10.1. The van der Waals surface area contributed by atoms with Crippen LogP contribution in [0.3, 0.4) is 0 Å². The van der Waals surface area contributed by atoms with Gasteiger partial charge in [0.2, 0.25) is 5.91 Å².